The van der Waals surface area contributed by atoms with Crippen LogP contribution in [-0.4, -0.2) is 73.7 Å². The van der Waals surface area contributed by atoms with Crippen LogP contribution in [0.1, 0.15) is 10.4 Å². The molecular weight excluding hydrogens is 456 g/mol. The van der Waals surface area contributed by atoms with Gasteiger partial charge in [0.05, 0.1) is 58.2 Å². The van der Waals surface area contributed by atoms with Gasteiger partial charge in [0.1, 0.15) is 0 Å². The molecule has 2 aromatic carbocycles. The van der Waals surface area contributed by atoms with Crippen LogP contribution in [0, 0.1) is 0 Å². The third kappa shape index (κ3) is 5.65. The summed E-state index contributed by atoms with van der Waals surface area (Å²) in [6, 6.07) is 6.82. The topological polar surface area (TPSA) is 130 Å². The predicted molar refractivity (Wildman–Crippen MR) is 119 cm³/mol. The summed E-state index contributed by atoms with van der Waals surface area (Å²) >= 11 is 0. The Kier molecular flexibility index (Phi) is 8.49. The van der Waals surface area contributed by atoms with Crippen LogP contribution in [0.4, 0.5) is 5.69 Å². The SMILES string of the molecule is COC(=O)c1cc(OC)c(OC)cc1NC(=O)CN(C)S(=O)(=O)c1ccc(OC)c(OC)c1. The van der Waals surface area contributed by atoms with Crippen LogP contribution in [0.25, 0.3) is 0 Å². The number of anilines is 1. The number of amides is 1. The lowest BCUT2D eigenvalue weighted by Crippen LogP contribution is -2.35. The smallest absolute Gasteiger partial charge is 0.340 e. The molecular formula is C21H26N2O9S. The van der Waals surface area contributed by atoms with E-state index >= 15 is 0 Å². The molecule has 1 N–H and O–H groups in total. The summed E-state index contributed by atoms with van der Waals surface area (Å²) in [5.41, 5.74) is 0.0790. The Morgan fingerprint density at radius 3 is 1.94 bits per heavy atom. The predicted octanol–water partition coefficient (Wildman–Crippen LogP) is 1.77. The van der Waals surface area contributed by atoms with Crippen LogP contribution in [-0.2, 0) is 19.6 Å². The van der Waals surface area contributed by atoms with Crippen molar-refractivity contribution in [1.82, 2.24) is 4.31 Å². The van der Waals surface area contributed by atoms with Crippen molar-refractivity contribution in [3.63, 3.8) is 0 Å². The van der Waals surface area contributed by atoms with Gasteiger partial charge in [-0.2, -0.15) is 4.31 Å². The van der Waals surface area contributed by atoms with E-state index in [0.717, 1.165) is 4.31 Å². The quantitative estimate of drug-likeness (QED) is 0.504. The van der Waals surface area contributed by atoms with E-state index in [0.29, 0.717) is 5.75 Å². The summed E-state index contributed by atoms with van der Waals surface area (Å²) in [7, 11) is 4.00. The van der Waals surface area contributed by atoms with Gasteiger partial charge >= 0.3 is 5.97 Å². The third-order valence-corrected chi connectivity index (χ3v) is 6.43. The van der Waals surface area contributed by atoms with Gasteiger partial charge in [-0.1, -0.05) is 0 Å². The van der Waals surface area contributed by atoms with Gasteiger partial charge in [-0.3, -0.25) is 4.79 Å². The Balaban J connectivity index is 2.29. The van der Waals surface area contributed by atoms with Crippen molar-refractivity contribution >= 4 is 27.6 Å². The second kappa shape index (κ2) is 10.9. The number of sulfonamides is 1. The molecule has 0 radical (unpaired) electrons. The molecule has 0 aliphatic carbocycles. The number of ether oxygens (including phenoxy) is 5. The number of nitrogens with zero attached hydrogens (tertiary/aromatic N) is 1. The van der Waals surface area contributed by atoms with Crippen LogP contribution >= 0.6 is 0 Å². The maximum atomic E-state index is 12.9. The molecule has 0 saturated carbocycles. The summed E-state index contributed by atoms with van der Waals surface area (Å²) in [5, 5.41) is 2.52. The van der Waals surface area contributed by atoms with Crippen molar-refractivity contribution in [3.05, 3.63) is 35.9 Å². The maximum absolute atomic E-state index is 12.9. The highest BCUT2D eigenvalue weighted by atomic mass is 32.2. The van der Waals surface area contributed by atoms with Crippen LogP contribution in [0.5, 0.6) is 23.0 Å². The molecule has 0 spiro atoms. The molecule has 0 unspecified atom stereocenters. The zero-order valence-corrected chi connectivity index (χ0v) is 19.9. The molecule has 0 heterocycles. The first-order valence-corrected chi connectivity index (χ1v) is 10.9. The zero-order valence-electron chi connectivity index (χ0n) is 19.1. The average Bonchev–Trinajstić information content (AvgIpc) is 2.82. The Morgan fingerprint density at radius 1 is 0.848 bits per heavy atom. The number of nitrogens with one attached hydrogen (secondary N) is 1. The van der Waals surface area contributed by atoms with Gasteiger partial charge < -0.3 is 29.0 Å². The van der Waals surface area contributed by atoms with E-state index in [2.05, 4.69) is 5.32 Å². The molecule has 11 nitrogen and oxygen atoms in total. The second-order valence-electron chi connectivity index (χ2n) is 6.57. The Bertz CT molecular complexity index is 1130. The fourth-order valence-electron chi connectivity index (χ4n) is 2.90. The summed E-state index contributed by atoms with van der Waals surface area (Å²) in [6.07, 6.45) is 0. The summed E-state index contributed by atoms with van der Waals surface area (Å²) in [5.74, 6) is -0.322. The maximum Gasteiger partial charge on any atom is 0.340 e. The number of hydrogen-bond donors (Lipinski definition) is 1. The molecule has 0 aliphatic heterocycles. The average molecular weight is 483 g/mol. The van der Waals surface area contributed by atoms with Gasteiger partial charge in [-0.25, -0.2) is 13.2 Å². The molecule has 0 aliphatic rings. The number of methoxy groups -OCH3 is 5. The summed E-state index contributed by atoms with van der Waals surface area (Å²) in [6.45, 7) is -0.536. The van der Waals surface area contributed by atoms with E-state index in [1.165, 1.54) is 72.9 Å². The number of esters is 1. The summed E-state index contributed by atoms with van der Waals surface area (Å²) in [4.78, 5) is 24.7. The minimum Gasteiger partial charge on any atom is -0.493 e. The minimum atomic E-state index is -4.04. The molecule has 33 heavy (non-hydrogen) atoms. The molecule has 0 aromatic heterocycles. The van der Waals surface area contributed by atoms with E-state index in [1.807, 2.05) is 0 Å². The lowest BCUT2D eigenvalue weighted by molar-refractivity contribution is -0.116. The molecule has 12 heteroatoms. The lowest BCUT2D eigenvalue weighted by Gasteiger charge is -2.19. The van der Waals surface area contributed by atoms with Crippen molar-refractivity contribution in [2.24, 2.45) is 0 Å². The van der Waals surface area contributed by atoms with Crippen molar-refractivity contribution in [1.29, 1.82) is 0 Å². The number of benzene rings is 2. The second-order valence-corrected chi connectivity index (χ2v) is 8.62. The molecule has 1 amide bonds. The molecule has 180 valence electrons. The van der Waals surface area contributed by atoms with Crippen LogP contribution in [0.15, 0.2) is 35.2 Å². The monoisotopic (exact) mass is 482 g/mol. The van der Waals surface area contributed by atoms with E-state index in [1.54, 1.807) is 0 Å². The van der Waals surface area contributed by atoms with Crippen molar-refractivity contribution in [2.45, 2.75) is 4.90 Å². The third-order valence-electron chi connectivity index (χ3n) is 4.63. The first kappa shape index (κ1) is 25.7. The standard InChI is InChI=1S/C21H26N2O9S/c1-23(33(26,27)13-7-8-16(28-2)17(9-13)29-3)12-20(24)22-15-11-19(31-5)18(30-4)10-14(15)21(25)32-6/h7-11H,12H2,1-6H3,(H,22,24). The number of hydrogen-bond acceptors (Lipinski definition) is 9. The lowest BCUT2D eigenvalue weighted by atomic mass is 10.1. The molecule has 0 atom stereocenters. The van der Waals surface area contributed by atoms with Gasteiger partial charge in [-0.05, 0) is 12.1 Å². The molecule has 2 rings (SSSR count). The van der Waals surface area contributed by atoms with Crippen LogP contribution in [0.2, 0.25) is 0 Å². The zero-order chi connectivity index (χ0) is 24.8. The van der Waals surface area contributed by atoms with Crippen LogP contribution < -0.4 is 24.3 Å². The number of likely N-dealkylation sites (N-methyl/N-ethyl adjacent to an activating group) is 1. The van der Waals surface area contributed by atoms with E-state index in [4.69, 9.17) is 23.7 Å². The molecule has 0 fully saturated rings. The molecule has 0 saturated heterocycles. The normalized spacial score (nSPS) is 11.0. The van der Waals surface area contributed by atoms with Crippen molar-refractivity contribution < 1.29 is 41.7 Å². The van der Waals surface area contributed by atoms with Gasteiger partial charge in [0.25, 0.3) is 0 Å². The highest BCUT2D eigenvalue weighted by Gasteiger charge is 2.26. The fraction of sp³-hybridized carbons (Fsp3) is 0.333. The van der Waals surface area contributed by atoms with E-state index in [-0.39, 0.29) is 33.4 Å². The Hall–Kier alpha value is -3.51. The van der Waals surface area contributed by atoms with Crippen molar-refractivity contribution in [3.8, 4) is 23.0 Å². The van der Waals surface area contributed by atoms with E-state index in [9.17, 15) is 18.0 Å². The first-order chi connectivity index (χ1) is 15.6. The van der Waals surface area contributed by atoms with Crippen LogP contribution in [0.3, 0.4) is 0 Å². The van der Waals surface area contributed by atoms with E-state index < -0.39 is 28.4 Å². The van der Waals surface area contributed by atoms with Gasteiger partial charge in [0.15, 0.2) is 23.0 Å². The fourth-order valence-corrected chi connectivity index (χ4v) is 4.04. The largest absolute Gasteiger partial charge is 0.493 e. The minimum absolute atomic E-state index is 0.00824. The number of carbonyl (C=O) groups excluding carboxylic acids is 2. The number of carbonyl (C=O) groups is 2. The molecule has 2 aromatic rings. The van der Waals surface area contributed by atoms with Crippen molar-refractivity contribution in [2.75, 3.05) is 54.5 Å². The highest BCUT2D eigenvalue weighted by molar-refractivity contribution is 7.89. The van der Waals surface area contributed by atoms with Gasteiger partial charge in [0.2, 0.25) is 15.9 Å². The Labute approximate surface area is 192 Å². The first-order valence-electron chi connectivity index (χ1n) is 9.45. The number of rotatable bonds is 10. The van der Waals surface area contributed by atoms with Gasteiger partial charge in [0, 0.05) is 25.2 Å². The summed E-state index contributed by atoms with van der Waals surface area (Å²) < 4.78 is 52.1. The van der Waals surface area contributed by atoms with Gasteiger partial charge in [-0.15, -0.1) is 0 Å². The Morgan fingerprint density at radius 2 is 1.39 bits per heavy atom. The molecule has 0 bridgehead atoms. The highest BCUT2D eigenvalue weighted by Crippen LogP contribution is 2.34.